The van der Waals surface area contributed by atoms with Gasteiger partial charge in [-0.25, -0.2) is 4.99 Å². The van der Waals surface area contributed by atoms with E-state index in [-0.39, 0.29) is 5.69 Å². The minimum Gasteiger partial charge on any atom is -0.379 e. The molecule has 0 aliphatic carbocycles. The van der Waals surface area contributed by atoms with Crippen LogP contribution in [-0.2, 0) is 17.7 Å². The van der Waals surface area contributed by atoms with Crippen LogP contribution >= 0.6 is 0 Å². The van der Waals surface area contributed by atoms with Crippen molar-refractivity contribution in [3.63, 3.8) is 0 Å². The normalized spacial score (nSPS) is 16.0. The highest BCUT2D eigenvalue weighted by Gasteiger charge is 2.17. The Labute approximate surface area is 183 Å². The number of nitrogens with one attached hydrogen (secondary N) is 2. The van der Waals surface area contributed by atoms with E-state index in [9.17, 15) is 10.1 Å². The lowest BCUT2D eigenvalue weighted by Gasteiger charge is -2.32. The molecule has 166 valence electrons. The molecule has 8 heteroatoms. The first-order valence-corrected chi connectivity index (χ1v) is 10.7. The summed E-state index contributed by atoms with van der Waals surface area (Å²) in [5, 5.41) is 17.7. The van der Waals surface area contributed by atoms with Crippen LogP contribution in [-0.4, -0.2) is 61.2 Å². The van der Waals surface area contributed by atoms with Crippen LogP contribution in [0.1, 0.15) is 18.1 Å². The monoisotopic (exact) mass is 425 g/mol. The van der Waals surface area contributed by atoms with Crippen molar-refractivity contribution in [2.45, 2.75) is 25.9 Å². The van der Waals surface area contributed by atoms with Crippen molar-refractivity contribution >= 4 is 11.6 Å². The van der Waals surface area contributed by atoms with Crippen LogP contribution in [0.4, 0.5) is 5.69 Å². The van der Waals surface area contributed by atoms with Crippen LogP contribution in [0.3, 0.4) is 0 Å². The van der Waals surface area contributed by atoms with E-state index in [0.717, 1.165) is 57.3 Å². The molecule has 2 N–H and O–H groups in total. The molecule has 1 aliphatic heterocycles. The Morgan fingerprint density at radius 3 is 2.48 bits per heavy atom. The van der Waals surface area contributed by atoms with Crippen molar-refractivity contribution in [1.29, 1.82) is 0 Å². The first kappa shape index (κ1) is 22.7. The minimum atomic E-state index is -0.391. The quantitative estimate of drug-likeness (QED) is 0.278. The largest absolute Gasteiger partial charge is 0.379 e. The summed E-state index contributed by atoms with van der Waals surface area (Å²) in [6, 6.07) is 17.2. The second-order valence-corrected chi connectivity index (χ2v) is 7.63. The molecule has 1 atom stereocenters. The summed E-state index contributed by atoms with van der Waals surface area (Å²) in [5.41, 5.74) is 2.29. The van der Waals surface area contributed by atoms with Crippen molar-refractivity contribution < 1.29 is 9.66 Å². The number of nitro groups is 1. The second kappa shape index (κ2) is 12.0. The molecule has 0 saturated carbocycles. The van der Waals surface area contributed by atoms with Crippen molar-refractivity contribution in [3.8, 4) is 0 Å². The van der Waals surface area contributed by atoms with Crippen LogP contribution in [0.2, 0.25) is 0 Å². The summed E-state index contributed by atoms with van der Waals surface area (Å²) < 4.78 is 5.44. The molecule has 31 heavy (non-hydrogen) atoms. The van der Waals surface area contributed by atoms with E-state index in [0.29, 0.717) is 12.6 Å². The number of non-ortho nitro benzene ring substituents is 1. The first-order chi connectivity index (χ1) is 15.1. The average molecular weight is 426 g/mol. The fourth-order valence-electron chi connectivity index (χ4n) is 3.43. The van der Waals surface area contributed by atoms with Crippen molar-refractivity contribution in [3.05, 3.63) is 75.8 Å². The number of hydrogen-bond acceptors (Lipinski definition) is 5. The van der Waals surface area contributed by atoms with E-state index in [1.807, 2.05) is 18.2 Å². The molecule has 0 amide bonds. The predicted molar refractivity (Wildman–Crippen MR) is 122 cm³/mol. The zero-order valence-corrected chi connectivity index (χ0v) is 18.0. The van der Waals surface area contributed by atoms with Crippen LogP contribution < -0.4 is 10.6 Å². The molecule has 1 fully saturated rings. The highest BCUT2D eigenvalue weighted by atomic mass is 16.6. The molecule has 2 aromatic carbocycles. The van der Waals surface area contributed by atoms with E-state index < -0.39 is 4.92 Å². The van der Waals surface area contributed by atoms with E-state index >= 15 is 0 Å². The fraction of sp³-hybridized carbons (Fsp3) is 0.435. The standard InChI is InChI=1S/C23H31N5O3/c1-19(27-13-15-31-16-14-27)17-25-23(24-12-11-20-5-3-2-4-6-20)26-18-21-7-9-22(10-8-21)28(29)30/h2-10,19H,11-18H2,1H3,(H2,24,25,26). The molecule has 1 unspecified atom stereocenters. The zero-order chi connectivity index (χ0) is 21.9. The number of guanidine groups is 1. The van der Waals surface area contributed by atoms with Crippen LogP contribution in [0.15, 0.2) is 59.6 Å². The SMILES string of the molecule is CC(CNC(=NCc1ccc([N+](=O)[O-])cc1)NCCc1ccccc1)N1CCOCC1. The Hall–Kier alpha value is -2.97. The van der Waals surface area contributed by atoms with E-state index in [4.69, 9.17) is 9.73 Å². The Morgan fingerprint density at radius 2 is 1.81 bits per heavy atom. The van der Waals surface area contributed by atoms with Gasteiger partial charge in [0.2, 0.25) is 0 Å². The molecule has 0 spiro atoms. The van der Waals surface area contributed by atoms with Crippen molar-refractivity contribution in [1.82, 2.24) is 15.5 Å². The predicted octanol–water partition coefficient (Wildman–Crippen LogP) is 2.59. The summed E-state index contributed by atoms with van der Waals surface area (Å²) in [4.78, 5) is 17.6. The van der Waals surface area contributed by atoms with Gasteiger partial charge >= 0.3 is 0 Å². The highest BCUT2D eigenvalue weighted by Crippen LogP contribution is 2.12. The smallest absolute Gasteiger partial charge is 0.269 e. The van der Waals surface area contributed by atoms with Gasteiger partial charge < -0.3 is 15.4 Å². The number of nitro benzene ring substituents is 1. The third-order valence-electron chi connectivity index (χ3n) is 5.35. The highest BCUT2D eigenvalue weighted by molar-refractivity contribution is 5.79. The van der Waals surface area contributed by atoms with Gasteiger partial charge in [0, 0.05) is 44.4 Å². The molecule has 0 aromatic heterocycles. The number of ether oxygens (including phenoxy) is 1. The Morgan fingerprint density at radius 1 is 1.10 bits per heavy atom. The number of nitrogens with zero attached hydrogens (tertiary/aromatic N) is 3. The zero-order valence-electron chi connectivity index (χ0n) is 18.0. The van der Waals surface area contributed by atoms with Crippen molar-refractivity contribution in [2.75, 3.05) is 39.4 Å². The Kier molecular flexibility index (Phi) is 8.81. The number of hydrogen-bond donors (Lipinski definition) is 2. The molecule has 1 aliphatic rings. The summed E-state index contributed by atoms with van der Waals surface area (Å²) in [7, 11) is 0. The van der Waals surface area contributed by atoms with E-state index in [2.05, 4.69) is 34.6 Å². The third-order valence-corrected chi connectivity index (χ3v) is 5.35. The van der Waals surface area contributed by atoms with E-state index in [1.54, 1.807) is 12.1 Å². The summed E-state index contributed by atoms with van der Waals surface area (Å²) >= 11 is 0. The van der Waals surface area contributed by atoms with Gasteiger partial charge in [0.1, 0.15) is 0 Å². The van der Waals surface area contributed by atoms with Crippen molar-refractivity contribution in [2.24, 2.45) is 4.99 Å². The Balaban J connectivity index is 1.57. The van der Waals surface area contributed by atoms with Crippen LogP contribution in [0.25, 0.3) is 0 Å². The molecule has 0 bridgehead atoms. The fourth-order valence-corrected chi connectivity index (χ4v) is 3.43. The molecular weight excluding hydrogens is 394 g/mol. The van der Waals surface area contributed by atoms with Gasteiger partial charge in [-0.15, -0.1) is 0 Å². The average Bonchev–Trinajstić information content (AvgIpc) is 2.81. The molecular formula is C23H31N5O3. The summed E-state index contributed by atoms with van der Waals surface area (Å²) in [5.74, 6) is 0.745. The second-order valence-electron chi connectivity index (χ2n) is 7.63. The molecule has 0 radical (unpaired) electrons. The molecule has 1 heterocycles. The van der Waals surface area contributed by atoms with Gasteiger partial charge in [0.25, 0.3) is 5.69 Å². The van der Waals surface area contributed by atoms with Gasteiger partial charge in [-0.1, -0.05) is 42.5 Å². The van der Waals surface area contributed by atoms with Crippen LogP contribution in [0.5, 0.6) is 0 Å². The topological polar surface area (TPSA) is 92.0 Å². The maximum atomic E-state index is 10.8. The number of aliphatic imine (C=N–C) groups is 1. The lowest BCUT2D eigenvalue weighted by Crippen LogP contribution is -2.49. The number of morpholine rings is 1. The first-order valence-electron chi connectivity index (χ1n) is 10.7. The van der Waals surface area contributed by atoms with Gasteiger partial charge in [-0.3, -0.25) is 15.0 Å². The minimum absolute atomic E-state index is 0.0893. The summed E-state index contributed by atoms with van der Waals surface area (Å²) in [6.45, 7) is 7.64. The van der Waals surface area contributed by atoms with Gasteiger partial charge in [-0.05, 0) is 24.5 Å². The van der Waals surface area contributed by atoms with Gasteiger partial charge in [0.05, 0.1) is 24.7 Å². The van der Waals surface area contributed by atoms with Gasteiger partial charge in [0.15, 0.2) is 5.96 Å². The van der Waals surface area contributed by atoms with E-state index in [1.165, 1.54) is 17.7 Å². The summed E-state index contributed by atoms with van der Waals surface area (Å²) in [6.07, 6.45) is 0.901. The molecule has 8 nitrogen and oxygen atoms in total. The lowest BCUT2D eigenvalue weighted by atomic mass is 10.1. The van der Waals surface area contributed by atoms with Gasteiger partial charge in [-0.2, -0.15) is 0 Å². The maximum absolute atomic E-state index is 10.8. The molecule has 2 aromatic rings. The maximum Gasteiger partial charge on any atom is 0.269 e. The molecule has 1 saturated heterocycles. The third kappa shape index (κ3) is 7.66. The molecule has 3 rings (SSSR count). The van der Waals surface area contributed by atoms with Crippen LogP contribution in [0, 0.1) is 10.1 Å². The lowest BCUT2D eigenvalue weighted by molar-refractivity contribution is -0.384. The number of benzene rings is 2. The Bertz CT molecular complexity index is 836. The number of rotatable bonds is 9.